The van der Waals surface area contributed by atoms with Crippen LogP contribution in [0.15, 0.2) is 89.1 Å². The molecule has 0 aromatic heterocycles. The van der Waals surface area contributed by atoms with Crippen LogP contribution in [0.5, 0.6) is 0 Å². The average Bonchev–Trinajstić information content (AvgIpc) is 3.19. The highest BCUT2D eigenvalue weighted by Crippen LogP contribution is 2.54. The molecule has 2 heterocycles. The smallest absolute Gasteiger partial charge is 0.234 e. The fraction of sp³-hybridized carbons (Fsp3) is 0.160. The first-order chi connectivity index (χ1) is 15.0. The fourth-order valence-corrected chi connectivity index (χ4v) is 5.37. The van der Waals surface area contributed by atoms with E-state index >= 15 is 0 Å². The van der Waals surface area contributed by atoms with Gasteiger partial charge in [-0.1, -0.05) is 60.7 Å². The highest BCUT2D eigenvalue weighted by atomic mass is 32.2. The number of fused-ring (bicyclic) bond motifs is 2. The molecule has 0 aliphatic carbocycles. The van der Waals surface area contributed by atoms with Crippen LogP contribution in [0.4, 0.5) is 11.4 Å². The number of para-hydroxylation sites is 2. The van der Waals surface area contributed by atoms with Crippen molar-refractivity contribution in [3.63, 3.8) is 0 Å². The Hall–Kier alpha value is -3.38. The van der Waals surface area contributed by atoms with Gasteiger partial charge < -0.3 is 0 Å². The lowest BCUT2D eigenvalue weighted by Crippen LogP contribution is -2.53. The van der Waals surface area contributed by atoms with Gasteiger partial charge in [-0.15, -0.1) is 0 Å². The Kier molecular flexibility index (Phi) is 4.67. The molecule has 1 spiro atoms. The quantitative estimate of drug-likeness (QED) is 0.554. The Morgan fingerprint density at radius 2 is 1.52 bits per heavy atom. The van der Waals surface area contributed by atoms with E-state index < -0.39 is 4.99 Å². The lowest BCUT2D eigenvalue weighted by atomic mass is 9.97. The van der Waals surface area contributed by atoms with Crippen molar-refractivity contribution in [1.82, 2.24) is 0 Å². The van der Waals surface area contributed by atoms with Crippen LogP contribution < -0.4 is 10.0 Å². The molecule has 2 aliphatic rings. The molecular formula is C25H22N4OS. The van der Waals surface area contributed by atoms with Crippen LogP contribution in [0.3, 0.4) is 0 Å². The Balaban J connectivity index is 1.84. The molecule has 5 nitrogen and oxygen atoms in total. The number of carbonyl (C=O) groups excluding carboxylic acids is 1. The lowest BCUT2D eigenvalue weighted by Gasteiger charge is -2.47. The zero-order valence-electron chi connectivity index (χ0n) is 17.6. The SMILES string of the molecule is CC(=O)C1=NN(c2ccccc2C)C2(S1)c1ccccc1C(C)=NN2c1ccccc1. The number of carbonyl (C=O) groups is 1. The summed E-state index contributed by atoms with van der Waals surface area (Å²) in [6.45, 7) is 5.65. The van der Waals surface area contributed by atoms with E-state index in [1.165, 1.54) is 11.8 Å². The van der Waals surface area contributed by atoms with Gasteiger partial charge in [0.15, 0.2) is 10.8 Å². The van der Waals surface area contributed by atoms with Crippen molar-refractivity contribution in [2.45, 2.75) is 25.8 Å². The highest BCUT2D eigenvalue weighted by molar-refractivity contribution is 8.17. The van der Waals surface area contributed by atoms with Gasteiger partial charge in [-0.05, 0) is 49.4 Å². The summed E-state index contributed by atoms with van der Waals surface area (Å²) in [5.74, 6) is -0.0581. The number of ketones is 1. The zero-order valence-corrected chi connectivity index (χ0v) is 18.4. The first kappa shape index (κ1) is 19.6. The first-order valence-corrected chi connectivity index (χ1v) is 11.0. The van der Waals surface area contributed by atoms with Crippen LogP contribution in [-0.4, -0.2) is 16.5 Å². The van der Waals surface area contributed by atoms with E-state index in [0.717, 1.165) is 33.8 Å². The number of benzene rings is 3. The number of hydrazone groups is 2. The van der Waals surface area contributed by atoms with Gasteiger partial charge in [0.25, 0.3) is 0 Å². The summed E-state index contributed by atoms with van der Waals surface area (Å²) in [4.78, 5) is 11.7. The molecule has 1 atom stereocenters. The van der Waals surface area contributed by atoms with Crippen LogP contribution in [0, 0.1) is 6.92 Å². The molecule has 3 aromatic rings. The van der Waals surface area contributed by atoms with E-state index in [4.69, 9.17) is 10.2 Å². The highest BCUT2D eigenvalue weighted by Gasteiger charge is 2.55. The van der Waals surface area contributed by atoms with E-state index in [1.807, 2.05) is 77.6 Å². The summed E-state index contributed by atoms with van der Waals surface area (Å²) in [6, 6.07) is 26.4. The number of nitrogens with zero attached hydrogens (tertiary/aromatic N) is 4. The van der Waals surface area contributed by atoms with E-state index in [1.54, 1.807) is 6.92 Å². The van der Waals surface area contributed by atoms with Crippen LogP contribution in [-0.2, 0) is 9.79 Å². The van der Waals surface area contributed by atoms with Crippen molar-refractivity contribution < 1.29 is 4.79 Å². The molecule has 0 saturated heterocycles. The molecular weight excluding hydrogens is 404 g/mol. The monoisotopic (exact) mass is 426 g/mol. The van der Waals surface area contributed by atoms with E-state index in [0.29, 0.717) is 5.04 Å². The molecule has 0 amide bonds. The molecule has 3 aromatic carbocycles. The summed E-state index contributed by atoms with van der Waals surface area (Å²) in [6.07, 6.45) is 0. The average molecular weight is 427 g/mol. The van der Waals surface area contributed by atoms with Crippen LogP contribution in [0.25, 0.3) is 0 Å². The molecule has 0 bridgehead atoms. The number of anilines is 2. The number of rotatable bonds is 3. The Labute approximate surface area is 186 Å². The van der Waals surface area contributed by atoms with Gasteiger partial charge in [-0.2, -0.15) is 10.2 Å². The number of aryl methyl sites for hydroxylation is 1. The van der Waals surface area contributed by atoms with E-state index in [2.05, 4.69) is 25.1 Å². The van der Waals surface area contributed by atoms with Crippen molar-refractivity contribution in [1.29, 1.82) is 0 Å². The first-order valence-electron chi connectivity index (χ1n) is 10.2. The van der Waals surface area contributed by atoms with E-state index in [-0.39, 0.29) is 5.78 Å². The van der Waals surface area contributed by atoms with Gasteiger partial charge in [-0.3, -0.25) is 4.79 Å². The van der Waals surface area contributed by atoms with Crippen molar-refractivity contribution in [3.8, 4) is 0 Å². The third kappa shape index (κ3) is 2.98. The Morgan fingerprint density at radius 1 is 0.839 bits per heavy atom. The summed E-state index contributed by atoms with van der Waals surface area (Å²) in [7, 11) is 0. The van der Waals surface area contributed by atoms with Gasteiger partial charge in [0.2, 0.25) is 4.99 Å². The summed E-state index contributed by atoms with van der Waals surface area (Å²) in [5.41, 5.74) is 5.99. The predicted molar refractivity (Wildman–Crippen MR) is 129 cm³/mol. The van der Waals surface area contributed by atoms with Crippen molar-refractivity contribution in [2.75, 3.05) is 10.0 Å². The fourth-order valence-electron chi connectivity index (χ4n) is 4.09. The van der Waals surface area contributed by atoms with E-state index in [9.17, 15) is 4.79 Å². The van der Waals surface area contributed by atoms with Gasteiger partial charge in [0.05, 0.1) is 17.1 Å². The van der Waals surface area contributed by atoms with Crippen molar-refractivity contribution >= 4 is 39.7 Å². The molecule has 0 radical (unpaired) electrons. The van der Waals surface area contributed by atoms with Gasteiger partial charge in [-0.25, -0.2) is 10.0 Å². The molecule has 0 fully saturated rings. The molecule has 0 saturated carbocycles. The van der Waals surface area contributed by atoms with Crippen LogP contribution in [0.1, 0.15) is 30.5 Å². The molecule has 31 heavy (non-hydrogen) atoms. The maximum absolute atomic E-state index is 12.5. The predicted octanol–water partition coefficient (Wildman–Crippen LogP) is 5.51. The number of hydrogen-bond acceptors (Lipinski definition) is 6. The molecule has 6 heteroatoms. The van der Waals surface area contributed by atoms with Crippen molar-refractivity contribution in [2.24, 2.45) is 10.2 Å². The minimum atomic E-state index is -0.857. The third-order valence-electron chi connectivity index (χ3n) is 5.57. The number of Topliss-reactive ketones (excluding diaryl/α,β-unsaturated/α-hetero) is 1. The minimum Gasteiger partial charge on any atom is -0.292 e. The van der Waals surface area contributed by atoms with Crippen LogP contribution in [0.2, 0.25) is 0 Å². The second-order valence-corrected chi connectivity index (χ2v) is 8.81. The lowest BCUT2D eigenvalue weighted by molar-refractivity contribution is -0.110. The summed E-state index contributed by atoms with van der Waals surface area (Å²) >= 11 is 1.45. The van der Waals surface area contributed by atoms with Crippen LogP contribution >= 0.6 is 11.8 Å². The maximum atomic E-state index is 12.5. The Morgan fingerprint density at radius 3 is 2.26 bits per heavy atom. The second-order valence-electron chi connectivity index (χ2n) is 7.65. The molecule has 2 aliphatic heterocycles. The standard InChI is InChI=1S/C25H22N4OS/c1-17-11-7-10-16-23(17)29-25(31-24(27-29)19(3)30)22-15-9-8-14-21(22)18(2)26-28(25)20-12-5-4-6-13-20/h4-16H,1-3H3. The summed E-state index contributed by atoms with van der Waals surface area (Å²) < 4.78 is 0. The molecule has 1 unspecified atom stereocenters. The van der Waals surface area contributed by atoms with Gasteiger partial charge in [0.1, 0.15) is 0 Å². The second kappa shape index (κ2) is 7.39. The number of hydrogen-bond donors (Lipinski definition) is 0. The topological polar surface area (TPSA) is 48.3 Å². The normalized spacial score (nSPS) is 19.8. The summed E-state index contributed by atoms with van der Waals surface area (Å²) in [5, 5.41) is 14.3. The molecule has 0 N–H and O–H groups in total. The largest absolute Gasteiger partial charge is 0.292 e. The maximum Gasteiger partial charge on any atom is 0.234 e. The third-order valence-corrected chi connectivity index (χ3v) is 6.98. The van der Waals surface area contributed by atoms with Gasteiger partial charge in [0, 0.05) is 18.1 Å². The zero-order chi connectivity index (χ0) is 21.6. The molecule has 154 valence electrons. The molecule has 5 rings (SSSR count). The van der Waals surface area contributed by atoms with Crippen molar-refractivity contribution in [3.05, 3.63) is 95.6 Å². The van der Waals surface area contributed by atoms with Gasteiger partial charge >= 0.3 is 0 Å². The Bertz CT molecular complexity index is 1240. The minimum absolute atomic E-state index is 0.0581. The number of thioether (sulfide) groups is 1.